The van der Waals surface area contributed by atoms with Gasteiger partial charge in [-0.1, -0.05) is 42.3 Å². The van der Waals surface area contributed by atoms with E-state index in [9.17, 15) is 4.79 Å². The summed E-state index contributed by atoms with van der Waals surface area (Å²) in [6, 6.07) is 14.2. The van der Waals surface area contributed by atoms with E-state index in [0.717, 1.165) is 65.0 Å². The largest absolute Gasteiger partial charge is 0.361 e. The summed E-state index contributed by atoms with van der Waals surface area (Å²) in [5, 5.41) is 7.50. The van der Waals surface area contributed by atoms with Crippen molar-refractivity contribution < 1.29 is 9.32 Å². The number of nitrogens with one attached hydrogen (secondary N) is 1. The number of aromatic amines is 1. The number of thiophene rings is 1. The molecule has 1 N–H and O–H groups in total. The van der Waals surface area contributed by atoms with Gasteiger partial charge in [-0.3, -0.25) is 4.79 Å². The minimum atomic E-state index is -0.0207. The number of carbonyl (C=O) groups is 1. The molecule has 6 heteroatoms. The highest BCUT2D eigenvalue weighted by Crippen LogP contribution is 2.34. The van der Waals surface area contributed by atoms with E-state index >= 15 is 0 Å². The average Bonchev–Trinajstić information content (AvgIpc) is 3.47. The summed E-state index contributed by atoms with van der Waals surface area (Å²) in [7, 11) is 0. The third-order valence-corrected chi connectivity index (χ3v) is 6.61. The highest BCUT2D eigenvalue weighted by Gasteiger charge is 2.29. The fourth-order valence-corrected chi connectivity index (χ4v) is 4.91. The number of para-hydroxylation sites is 1. The van der Waals surface area contributed by atoms with Crippen LogP contribution in [-0.2, 0) is 11.2 Å². The van der Waals surface area contributed by atoms with Gasteiger partial charge < -0.3 is 14.4 Å². The van der Waals surface area contributed by atoms with Crippen LogP contribution >= 0.6 is 11.3 Å². The van der Waals surface area contributed by atoms with Crippen LogP contribution in [0.4, 0.5) is 0 Å². The SMILES string of the molecule is O=C(Cc1c[nH]c2ccccc12)N1CCCCCC1c1cc(-c2cccs2)on1. The summed E-state index contributed by atoms with van der Waals surface area (Å²) in [5.41, 5.74) is 2.98. The third-order valence-electron chi connectivity index (χ3n) is 5.72. The van der Waals surface area contributed by atoms with Crippen molar-refractivity contribution in [2.24, 2.45) is 0 Å². The molecule has 1 aliphatic rings. The van der Waals surface area contributed by atoms with Crippen molar-refractivity contribution in [1.82, 2.24) is 15.0 Å². The quantitative estimate of drug-likeness (QED) is 0.483. The second kappa shape index (κ2) is 7.87. The predicted octanol–water partition coefficient (Wildman–Crippen LogP) is 5.57. The first-order valence-corrected chi connectivity index (χ1v) is 11.0. The molecule has 1 atom stereocenters. The zero-order valence-corrected chi connectivity index (χ0v) is 17.0. The Bertz CT molecular complexity index is 1110. The number of hydrogen-bond donors (Lipinski definition) is 1. The van der Waals surface area contributed by atoms with Gasteiger partial charge in [0.25, 0.3) is 0 Å². The molecule has 5 rings (SSSR count). The standard InChI is InChI=1S/C23H23N3O2S/c27-23(13-16-15-24-18-8-4-3-7-17(16)18)26-11-5-1-2-9-20(26)19-14-21(28-25-19)22-10-6-12-29-22/h3-4,6-8,10,12,14-15,20,24H,1-2,5,9,11,13H2. The van der Waals surface area contributed by atoms with Gasteiger partial charge in [-0.25, -0.2) is 0 Å². The molecular formula is C23H23N3O2S. The Morgan fingerprint density at radius 2 is 2.14 bits per heavy atom. The van der Waals surface area contributed by atoms with Crippen LogP contribution in [0.2, 0.25) is 0 Å². The van der Waals surface area contributed by atoms with Crippen LogP contribution in [0.5, 0.6) is 0 Å². The minimum absolute atomic E-state index is 0.0207. The van der Waals surface area contributed by atoms with Crippen LogP contribution in [0.1, 0.15) is 43.0 Å². The summed E-state index contributed by atoms with van der Waals surface area (Å²) >= 11 is 1.63. The molecule has 148 valence electrons. The van der Waals surface area contributed by atoms with Crippen molar-refractivity contribution in [3.05, 3.63) is 65.3 Å². The zero-order chi connectivity index (χ0) is 19.6. The number of benzene rings is 1. The lowest BCUT2D eigenvalue weighted by Crippen LogP contribution is -2.36. The molecule has 1 amide bonds. The predicted molar refractivity (Wildman–Crippen MR) is 115 cm³/mol. The average molecular weight is 406 g/mol. The van der Waals surface area contributed by atoms with E-state index in [4.69, 9.17) is 4.52 Å². The Kier molecular flexibility index (Phi) is 4.94. The molecule has 0 radical (unpaired) electrons. The van der Waals surface area contributed by atoms with Crippen molar-refractivity contribution in [1.29, 1.82) is 0 Å². The summed E-state index contributed by atoms with van der Waals surface area (Å²) in [5.74, 6) is 0.936. The Hall–Kier alpha value is -2.86. The molecule has 0 aliphatic carbocycles. The van der Waals surface area contributed by atoms with Crippen LogP contribution < -0.4 is 0 Å². The van der Waals surface area contributed by atoms with Crippen LogP contribution in [0.25, 0.3) is 21.5 Å². The van der Waals surface area contributed by atoms with Gasteiger partial charge in [0.2, 0.25) is 5.91 Å². The molecule has 0 saturated carbocycles. The van der Waals surface area contributed by atoms with Gasteiger partial charge in [-0.15, -0.1) is 11.3 Å². The van der Waals surface area contributed by atoms with Gasteiger partial charge >= 0.3 is 0 Å². The monoisotopic (exact) mass is 405 g/mol. The van der Waals surface area contributed by atoms with Crippen molar-refractivity contribution in [3.8, 4) is 10.6 Å². The molecule has 4 heterocycles. The number of hydrogen-bond acceptors (Lipinski definition) is 4. The molecule has 1 aliphatic heterocycles. The summed E-state index contributed by atoms with van der Waals surface area (Å²) in [6.07, 6.45) is 6.56. The Labute approximate surface area is 173 Å². The van der Waals surface area contributed by atoms with Crippen molar-refractivity contribution >= 4 is 28.1 Å². The number of rotatable bonds is 4. The normalized spacial score (nSPS) is 17.5. The lowest BCUT2D eigenvalue weighted by Gasteiger charge is -2.28. The van der Waals surface area contributed by atoms with Crippen LogP contribution in [0, 0.1) is 0 Å². The number of amides is 1. The minimum Gasteiger partial charge on any atom is -0.361 e. The molecule has 1 saturated heterocycles. The fourth-order valence-electron chi connectivity index (χ4n) is 4.24. The number of aromatic nitrogens is 2. The maximum atomic E-state index is 13.3. The van der Waals surface area contributed by atoms with Crippen molar-refractivity contribution in [2.45, 2.75) is 38.1 Å². The molecule has 1 fully saturated rings. The summed E-state index contributed by atoms with van der Waals surface area (Å²) in [4.78, 5) is 19.7. The summed E-state index contributed by atoms with van der Waals surface area (Å²) in [6.45, 7) is 0.771. The highest BCUT2D eigenvalue weighted by atomic mass is 32.1. The topological polar surface area (TPSA) is 62.1 Å². The van der Waals surface area contributed by atoms with Crippen molar-refractivity contribution in [2.75, 3.05) is 6.54 Å². The highest BCUT2D eigenvalue weighted by molar-refractivity contribution is 7.13. The number of nitrogens with zero attached hydrogens (tertiary/aromatic N) is 2. The first-order chi connectivity index (χ1) is 14.3. The lowest BCUT2D eigenvalue weighted by atomic mass is 10.0. The van der Waals surface area contributed by atoms with Gasteiger partial charge in [0, 0.05) is 29.7 Å². The van der Waals surface area contributed by atoms with Crippen LogP contribution in [0.3, 0.4) is 0 Å². The molecule has 29 heavy (non-hydrogen) atoms. The maximum Gasteiger partial charge on any atom is 0.227 e. The van der Waals surface area contributed by atoms with E-state index in [2.05, 4.69) is 16.2 Å². The smallest absolute Gasteiger partial charge is 0.227 e. The zero-order valence-electron chi connectivity index (χ0n) is 16.1. The van der Waals surface area contributed by atoms with Crippen LogP contribution in [-0.4, -0.2) is 27.5 Å². The number of likely N-dealkylation sites (tertiary alicyclic amines) is 1. The van der Waals surface area contributed by atoms with Gasteiger partial charge in [0.15, 0.2) is 5.76 Å². The Morgan fingerprint density at radius 1 is 1.21 bits per heavy atom. The second-order valence-corrected chi connectivity index (χ2v) is 8.53. The Balaban J connectivity index is 1.41. The van der Waals surface area contributed by atoms with E-state index in [1.54, 1.807) is 11.3 Å². The Morgan fingerprint density at radius 3 is 3.03 bits per heavy atom. The molecule has 1 unspecified atom stereocenters. The molecule has 0 spiro atoms. The molecule has 4 aromatic rings. The maximum absolute atomic E-state index is 13.3. The number of H-pyrrole nitrogens is 1. The third kappa shape index (κ3) is 3.60. The summed E-state index contributed by atoms with van der Waals surface area (Å²) < 4.78 is 5.61. The van der Waals surface area contributed by atoms with E-state index < -0.39 is 0 Å². The van der Waals surface area contributed by atoms with E-state index in [1.165, 1.54) is 0 Å². The molecule has 1 aromatic carbocycles. The van der Waals surface area contributed by atoms with Gasteiger partial charge in [-0.05, 0) is 35.9 Å². The van der Waals surface area contributed by atoms with Crippen LogP contribution in [0.15, 0.2) is 58.6 Å². The number of carbonyl (C=O) groups excluding carboxylic acids is 1. The molecular weight excluding hydrogens is 382 g/mol. The van der Waals surface area contributed by atoms with E-state index in [1.807, 2.05) is 52.9 Å². The lowest BCUT2D eigenvalue weighted by molar-refractivity contribution is -0.133. The first-order valence-electron chi connectivity index (χ1n) is 10.1. The van der Waals surface area contributed by atoms with E-state index in [-0.39, 0.29) is 11.9 Å². The van der Waals surface area contributed by atoms with Crippen molar-refractivity contribution in [3.63, 3.8) is 0 Å². The second-order valence-electron chi connectivity index (χ2n) is 7.58. The van der Waals surface area contributed by atoms with Gasteiger partial charge in [0.1, 0.15) is 5.69 Å². The van der Waals surface area contributed by atoms with E-state index in [0.29, 0.717) is 6.42 Å². The van der Waals surface area contributed by atoms with Gasteiger partial charge in [0.05, 0.1) is 17.3 Å². The molecule has 5 nitrogen and oxygen atoms in total. The fraction of sp³-hybridized carbons (Fsp3) is 0.304. The first kappa shape index (κ1) is 18.2. The number of fused-ring (bicyclic) bond motifs is 1. The molecule has 3 aromatic heterocycles. The van der Waals surface area contributed by atoms with Gasteiger partial charge in [-0.2, -0.15) is 0 Å². The molecule has 0 bridgehead atoms.